The van der Waals surface area contributed by atoms with Gasteiger partial charge in [-0.15, -0.1) is 0 Å². The van der Waals surface area contributed by atoms with Crippen LogP contribution in [0, 0.1) is 0 Å². The van der Waals surface area contributed by atoms with Crippen LogP contribution in [0.3, 0.4) is 0 Å². The molecule has 0 aliphatic rings. The van der Waals surface area contributed by atoms with Crippen LogP contribution in [0.25, 0.3) is 10.8 Å². The Kier molecular flexibility index (Phi) is 4.95. The van der Waals surface area contributed by atoms with Crippen molar-refractivity contribution in [3.8, 4) is 5.75 Å². The zero-order valence-electron chi connectivity index (χ0n) is 12.0. The number of fused-ring (bicyclic) bond motifs is 1. The summed E-state index contributed by atoms with van der Waals surface area (Å²) in [6.45, 7) is 0.967. The molecule has 116 valence electrons. The van der Waals surface area contributed by atoms with Crippen LogP contribution in [0.1, 0.15) is 6.92 Å². The van der Waals surface area contributed by atoms with Gasteiger partial charge >= 0.3 is 5.97 Å². The fraction of sp³-hybridized carbons (Fsp3) is 0.250. The molecule has 22 heavy (non-hydrogen) atoms. The molecule has 6 nitrogen and oxygen atoms in total. The lowest BCUT2D eigenvalue weighted by Crippen LogP contribution is -2.49. The Morgan fingerprint density at radius 2 is 1.86 bits per heavy atom. The standard InChI is InChI=1S/C16H17NO5/c1-10(18)15(16(20)21)17-14(19)9-22-13-8-4-6-11-5-2-3-7-12(11)13/h2-8,10,15,18H,9H2,1H3,(H,17,19)(H,20,21)/t10-,15-/m1/s1. The molecular formula is C16H17NO5. The second-order valence-electron chi connectivity index (χ2n) is 4.89. The Balaban J connectivity index is 2.03. The van der Waals surface area contributed by atoms with Gasteiger partial charge in [0, 0.05) is 5.39 Å². The molecule has 3 N–H and O–H groups in total. The van der Waals surface area contributed by atoms with Crippen molar-refractivity contribution in [3.05, 3.63) is 42.5 Å². The third-order valence-electron chi connectivity index (χ3n) is 3.17. The molecule has 0 saturated carbocycles. The highest BCUT2D eigenvalue weighted by atomic mass is 16.5. The summed E-state index contributed by atoms with van der Waals surface area (Å²) >= 11 is 0. The minimum absolute atomic E-state index is 0.329. The first-order valence-electron chi connectivity index (χ1n) is 6.80. The van der Waals surface area contributed by atoms with E-state index in [9.17, 15) is 14.7 Å². The lowest BCUT2D eigenvalue weighted by molar-refractivity contribution is -0.145. The largest absolute Gasteiger partial charge is 0.483 e. The number of rotatable bonds is 6. The first-order chi connectivity index (χ1) is 10.5. The molecule has 0 aliphatic carbocycles. The molecule has 1 amide bonds. The lowest BCUT2D eigenvalue weighted by Gasteiger charge is -2.17. The van der Waals surface area contributed by atoms with Gasteiger partial charge in [0.05, 0.1) is 6.10 Å². The van der Waals surface area contributed by atoms with Crippen molar-refractivity contribution in [1.29, 1.82) is 0 Å². The molecule has 0 unspecified atom stereocenters. The number of hydrogen-bond acceptors (Lipinski definition) is 4. The fourth-order valence-electron chi connectivity index (χ4n) is 2.07. The Labute approximate surface area is 127 Å². The summed E-state index contributed by atoms with van der Waals surface area (Å²) in [5, 5.41) is 22.3. The fourth-order valence-corrected chi connectivity index (χ4v) is 2.07. The molecule has 0 bridgehead atoms. The van der Waals surface area contributed by atoms with E-state index in [1.54, 1.807) is 6.07 Å². The number of carboxylic acids is 1. The van der Waals surface area contributed by atoms with Crippen molar-refractivity contribution < 1.29 is 24.5 Å². The van der Waals surface area contributed by atoms with E-state index in [1.807, 2.05) is 36.4 Å². The lowest BCUT2D eigenvalue weighted by atomic mass is 10.1. The number of benzene rings is 2. The zero-order chi connectivity index (χ0) is 16.1. The maximum Gasteiger partial charge on any atom is 0.328 e. The minimum atomic E-state index is -1.36. The van der Waals surface area contributed by atoms with E-state index in [-0.39, 0.29) is 6.61 Å². The number of amides is 1. The molecule has 2 atom stereocenters. The summed E-state index contributed by atoms with van der Waals surface area (Å²) in [5.74, 6) is -1.37. The number of carbonyl (C=O) groups is 2. The van der Waals surface area contributed by atoms with Crippen LogP contribution in [-0.2, 0) is 9.59 Å². The molecule has 6 heteroatoms. The van der Waals surface area contributed by atoms with Gasteiger partial charge in [-0.2, -0.15) is 0 Å². The van der Waals surface area contributed by atoms with Gasteiger partial charge in [0.15, 0.2) is 12.6 Å². The van der Waals surface area contributed by atoms with E-state index < -0.39 is 24.0 Å². The number of nitrogens with one attached hydrogen (secondary N) is 1. The molecule has 2 aromatic carbocycles. The maximum atomic E-state index is 11.8. The molecule has 2 rings (SSSR count). The van der Waals surface area contributed by atoms with Crippen LogP contribution in [0.2, 0.25) is 0 Å². The van der Waals surface area contributed by atoms with Crippen molar-refractivity contribution in [1.82, 2.24) is 5.32 Å². The van der Waals surface area contributed by atoms with Gasteiger partial charge in [-0.1, -0.05) is 36.4 Å². The highest BCUT2D eigenvalue weighted by molar-refractivity contribution is 5.89. The summed E-state index contributed by atoms with van der Waals surface area (Å²) < 4.78 is 5.45. The summed E-state index contributed by atoms with van der Waals surface area (Å²) in [6, 6.07) is 11.7. The van der Waals surface area contributed by atoms with Gasteiger partial charge in [-0.3, -0.25) is 4.79 Å². The second-order valence-corrected chi connectivity index (χ2v) is 4.89. The Hall–Kier alpha value is -2.60. The van der Waals surface area contributed by atoms with Gasteiger partial charge in [-0.25, -0.2) is 4.79 Å². The number of carbonyl (C=O) groups excluding carboxylic acids is 1. The summed E-state index contributed by atoms with van der Waals surface area (Å²) in [5.41, 5.74) is 0. The van der Waals surface area contributed by atoms with Crippen LogP contribution >= 0.6 is 0 Å². The van der Waals surface area contributed by atoms with E-state index in [0.29, 0.717) is 5.75 Å². The van der Waals surface area contributed by atoms with Crippen molar-refractivity contribution in [3.63, 3.8) is 0 Å². The van der Waals surface area contributed by atoms with Gasteiger partial charge in [-0.05, 0) is 18.4 Å². The van der Waals surface area contributed by atoms with Crippen LogP contribution in [0.4, 0.5) is 0 Å². The number of aliphatic hydroxyl groups excluding tert-OH is 1. The minimum Gasteiger partial charge on any atom is -0.483 e. The molecule has 0 aliphatic heterocycles. The van der Waals surface area contributed by atoms with E-state index in [4.69, 9.17) is 9.84 Å². The number of aliphatic hydroxyl groups is 1. The van der Waals surface area contributed by atoms with Gasteiger partial charge in [0.2, 0.25) is 0 Å². The van der Waals surface area contributed by atoms with Crippen LogP contribution in [-0.4, -0.2) is 40.8 Å². The first kappa shape index (κ1) is 15.8. The van der Waals surface area contributed by atoms with E-state index in [2.05, 4.69) is 5.32 Å². The monoisotopic (exact) mass is 303 g/mol. The number of carboxylic acid groups (broad SMARTS) is 1. The van der Waals surface area contributed by atoms with E-state index in [1.165, 1.54) is 6.92 Å². The molecule has 0 radical (unpaired) electrons. The number of hydrogen-bond donors (Lipinski definition) is 3. The van der Waals surface area contributed by atoms with Crippen LogP contribution < -0.4 is 10.1 Å². The summed E-state index contributed by atoms with van der Waals surface area (Å²) in [6.07, 6.45) is -1.20. The topological polar surface area (TPSA) is 95.9 Å². The second kappa shape index (κ2) is 6.91. The third-order valence-corrected chi connectivity index (χ3v) is 3.17. The molecule has 0 fully saturated rings. The normalized spacial score (nSPS) is 13.4. The molecule has 0 heterocycles. The van der Waals surface area contributed by atoms with Crippen molar-refractivity contribution in [2.24, 2.45) is 0 Å². The van der Waals surface area contributed by atoms with Crippen molar-refractivity contribution >= 4 is 22.6 Å². The van der Waals surface area contributed by atoms with E-state index >= 15 is 0 Å². The molecule has 0 spiro atoms. The number of aliphatic carboxylic acids is 1. The third kappa shape index (κ3) is 3.73. The van der Waals surface area contributed by atoms with Gasteiger partial charge in [0.1, 0.15) is 5.75 Å². The molecule has 0 aromatic heterocycles. The first-order valence-corrected chi connectivity index (χ1v) is 6.80. The molecular weight excluding hydrogens is 286 g/mol. The molecule has 2 aromatic rings. The SMILES string of the molecule is C[C@@H](O)[C@@H](NC(=O)COc1cccc2ccccc12)C(=O)O. The quantitative estimate of drug-likeness (QED) is 0.744. The van der Waals surface area contributed by atoms with Crippen molar-refractivity contribution in [2.45, 2.75) is 19.1 Å². The zero-order valence-corrected chi connectivity index (χ0v) is 12.0. The van der Waals surface area contributed by atoms with Crippen LogP contribution in [0.5, 0.6) is 5.75 Å². The maximum absolute atomic E-state index is 11.8. The Morgan fingerprint density at radius 3 is 2.55 bits per heavy atom. The summed E-state index contributed by atoms with van der Waals surface area (Å²) in [7, 11) is 0. The predicted molar refractivity (Wildman–Crippen MR) is 80.7 cm³/mol. The van der Waals surface area contributed by atoms with Gasteiger partial charge < -0.3 is 20.3 Å². The highest BCUT2D eigenvalue weighted by Crippen LogP contribution is 2.24. The van der Waals surface area contributed by atoms with Crippen LogP contribution in [0.15, 0.2) is 42.5 Å². The number of ether oxygens (including phenoxy) is 1. The van der Waals surface area contributed by atoms with E-state index in [0.717, 1.165) is 10.8 Å². The Bertz CT molecular complexity index is 678. The smallest absolute Gasteiger partial charge is 0.328 e. The average molecular weight is 303 g/mol. The van der Waals surface area contributed by atoms with Gasteiger partial charge in [0.25, 0.3) is 5.91 Å². The predicted octanol–water partition coefficient (Wildman–Crippen LogP) is 1.17. The Morgan fingerprint density at radius 1 is 1.18 bits per heavy atom. The van der Waals surface area contributed by atoms with Crippen molar-refractivity contribution in [2.75, 3.05) is 6.61 Å². The highest BCUT2D eigenvalue weighted by Gasteiger charge is 2.25. The molecule has 0 saturated heterocycles. The average Bonchev–Trinajstić information content (AvgIpc) is 2.49. The summed E-state index contributed by atoms with van der Waals surface area (Å²) in [4.78, 5) is 22.7.